The molecule has 35 heavy (non-hydrogen) atoms. The maximum Gasteiger partial charge on any atom is 0.407 e. The lowest BCUT2D eigenvalue weighted by molar-refractivity contribution is -0.153. The summed E-state index contributed by atoms with van der Waals surface area (Å²) in [5.74, 6) is -1.73. The van der Waals surface area contributed by atoms with Crippen LogP contribution in [-0.2, 0) is 19.1 Å². The Hall–Kier alpha value is -3.43. The van der Waals surface area contributed by atoms with E-state index in [-0.39, 0.29) is 38.7 Å². The number of rotatable bonds is 5. The zero-order valence-electron chi connectivity index (χ0n) is 19.3. The van der Waals surface area contributed by atoms with Gasteiger partial charge in [0.1, 0.15) is 12.6 Å². The number of carboxylic acid groups (broad SMARTS) is 1. The van der Waals surface area contributed by atoms with Gasteiger partial charge in [-0.3, -0.25) is 4.79 Å². The molecule has 184 valence electrons. The molecule has 2 aromatic carbocycles. The summed E-state index contributed by atoms with van der Waals surface area (Å²) in [6, 6.07) is 14.3. The van der Waals surface area contributed by atoms with Gasteiger partial charge in [0.05, 0.1) is 30.8 Å². The number of amides is 2. The number of aliphatic hydroxyl groups excluding tert-OH is 1. The lowest BCUT2D eigenvalue weighted by Gasteiger charge is -2.34. The molecule has 2 aliphatic heterocycles. The number of likely N-dealkylation sites (tertiary alicyclic amines) is 1. The quantitative estimate of drug-likeness (QED) is 0.598. The number of carbonyl (C=O) groups is 3. The minimum absolute atomic E-state index is 0.0253. The predicted octanol–water partition coefficient (Wildman–Crippen LogP) is 1.98. The average molecular weight is 481 g/mol. The predicted molar refractivity (Wildman–Crippen MR) is 125 cm³/mol. The van der Waals surface area contributed by atoms with Crippen LogP contribution in [-0.4, -0.2) is 77.6 Å². The van der Waals surface area contributed by atoms with Gasteiger partial charge in [-0.1, -0.05) is 48.5 Å². The van der Waals surface area contributed by atoms with Crippen LogP contribution in [0, 0.1) is 5.41 Å². The number of hydrogen-bond acceptors (Lipinski definition) is 6. The van der Waals surface area contributed by atoms with Crippen LogP contribution < -0.4 is 5.32 Å². The summed E-state index contributed by atoms with van der Waals surface area (Å²) in [5, 5.41) is 22.2. The van der Waals surface area contributed by atoms with Crippen LogP contribution in [0.25, 0.3) is 11.1 Å². The van der Waals surface area contributed by atoms with Gasteiger partial charge in [-0.25, -0.2) is 9.59 Å². The highest BCUT2D eigenvalue weighted by Crippen LogP contribution is 2.44. The van der Waals surface area contributed by atoms with Crippen LogP contribution >= 0.6 is 0 Å². The summed E-state index contributed by atoms with van der Waals surface area (Å²) in [6.07, 6.45) is -1.60. The summed E-state index contributed by atoms with van der Waals surface area (Å²) < 4.78 is 11.1. The molecule has 2 unspecified atom stereocenters. The molecule has 0 bridgehead atoms. The van der Waals surface area contributed by atoms with Crippen LogP contribution in [0.1, 0.15) is 30.4 Å². The van der Waals surface area contributed by atoms with Gasteiger partial charge in [-0.2, -0.15) is 0 Å². The second kappa shape index (κ2) is 8.98. The van der Waals surface area contributed by atoms with Crippen molar-refractivity contribution in [2.24, 2.45) is 5.41 Å². The molecule has 0 aromatic heterocycles. The lowest BCUT2D eigenvalue weighted by Crippen LogP contribution is -2.56. The van der Waals surface area contributed by atoms with Gasteiger partial charge in [0, 0.05) is 18.9 Å². The smallest absolute Gasteiger partial charge is 0.407 e. The van der Waals surface area contributed by atoms with Crippen LogP contribution in [0.5, 0.6) is 0 Å². The fourth-order valence-electron chi connectivity index (χ4n) is 5.47. The largest absolute Gasteiger partial charge is 0.480 e. The van der Waals surface area contributed by atoms with Gasteiger partial charge >= 0.3 is 12.1 Å². The van der Waals surface area contributed by atoms with Gasteiger partial charge in [-0.05, 0) is 29.2 Å². The number of nitrogens with one attached hydrogen (secondary N) is 1. The van der Waals surface area contributed by atoms with Crippen LogP contribution in [0.3, 0.4) is 0 Å². The van der Waals surface area contributed by atoms with Crippen molar-refractivity contribution >= 4 is 18.0 Å². The second-order valence-corrected chi connectivity index (χ2v) is 9.66. The first-order valence-corrected chi connectivity index (χ1v) is 11.7. The van der Waals surface area contributed by atoms with Crippen LogP contribution in [0.4, 0.5) is 4.79 Å². The Morgan fingerprint density at radius 2 is 1.74 bits per heavy atom. The van der Waals surface area contributed by atoms with E-state index in [1.807, 2.05) is 36.4 Å². The lowest BCUT2D eigenvalue weighted by atomic mass is 9.83. The van der Waals surface area contributed by atoms with Crippen molar-refractivity contribution < 1.29 is 34.1 Å². The summed E-state index contributed by atoms with van der Waals surface area (Å²) in [6.45, 7) is 1.83. The maximum atomic E-state index is 13.3. The molecular formula is C26H28N2O7. The molecule has 2 fully saturated rings. The number of β-amino-alcohol motifs (C(OH)–C–C–N with tert-alkyl or cyclic N) is 1. The van der Waals surface area contributed by atoms with Crippen molar-refractivity contribution in [3.05, 3.63) is 59.7 Å². The summed E-state index contributed by atoms with van der Waals surface area (Å²) >= 11 is 0. The number of aliphatic carboxylic acids is 1. The van der Waals surface area contributed by atoms with E-state index in [9.17, 15) is 24.6 Å². The molecule has 1 aliphatic carbocycles. The van der Waals surface area contributed by atoms with Gasteiger partial charge < -0.3 is 29.9 Å². The van der Waals surface area contributed by atoms with E-state index in [0.717, 1.165) is 22.3 Å². The number of carboxylic acids is 1. The minimum atomic E-state index is -1.18. The van der Waals surface area contributed by atoms with Crippen LogP contribution in [0.15, 0.2) is 48.5 Å². The topological polar surface area (TPSA) is 125 Å². The van der Waals surface area contributed by atoms with Gasteiger partial charge in [0.2, 0.25) is 5.91 Å². The van der Waals surface area contributed by atoms with E-state index >= 15 is 0 Å². The van der Waals surface area contributed by atoms with Gasteiger partial charge in [-0.15, -0.1) is 0 Å². The normalized spacial score (nSPS) is 27.4. The number of aliphatic hydroxyl groups is 1. The molecular weight excluding hydrogens is 452 g/mol. The Bertz CT molecular complexity index is 1120. The molecule has 0 radical (unpaired) electrons. The molecule has 3 aliphatic rings. The summed E-state index contributed by atoms with van der Waals surface area (Å²) in [5.41, 5.74) is 3.26. The first kappa shape index (κ1) is 23.3. The van der Waals surface area contributed by atoms with Crippen molar-refractivity contribution in [2.45, 2.75) is 37.5 Å². The third kappa shape index (κ3) is 4.04. The molecule has 2 saturated heterocycles. The average Bonchev–Trinajstić information content (AvgIpc) is 3.51. The van der Waals surface area contributed by atoms with E-state index in [1.165, 1.54) is 4.90 Å². The molecule has 9 heteroatoms. The second-order valence-electron chi connectivity index (χ2n) is 9.66. The number of benzene rings is 2. The van der Waals surface area contributed by atoms with E-state index in [0.29, 0.717) is 0 Å². The molecule has 2 aromatic rings. The number of hydrogen-bond donors (Lipinski definition) is 3. The van der Waals surface area contributed by atoms with Crippen molar-refractivity contribution in [2.75, 3.05) is 26.4 Å². The highest BCUT2D eigenvalue weighted by molar-refractivity contribution is 5.89. The molecule has 2 heterocycles. The fourth-order valence-corrected chi connectivity index (χ4v) is 5.47. The first-order valence-electron chi connectivity index (χ1n) is 11.7. The molecule has 4 atom stereocenters. The molecule has 9 nitrogen and oxygen atoms in total. The van der Waals surface area contributed by atoms with E-state index in [4.69, 9.17) is 9.47 Å². The van der Waals surface area contributed by atoms with Crippen molar-refractivity contribution in [3.8, 4) is 11.1 Å². The highest BCUT2D eigenvalue weighted by Gasteiger charge is 2.52. The fraction of sp³-hybridized carbons (Fsp3) is 0.423. The van der Waals surface area contributed by atoms with Crippen LogP contribution in [0.2, 0.25) is 0 Å². The first-order chi connectivity index (χ1) is 16.8. The van der Waals surface area contributed by atoms with Crippen molar-refractivity contribution in [3.63, 3.8) is 0 Å². The number of nitrogens with zero attached hydrogens (tertiary/aromatic N) is 1. The number of ether oxygens (including phenoxy) is 2. The third-order valence-corrected chi connectivity index (χ3v) is 7.40. The molecule has 2 amide bonds. The molecule has 5 rings (SSSR count). The monoisotopic (exact) mass is 480 g/mol. The van der Waals surface area contributed by atoms with Crippen molar-refractivity contribution in [1.82, 2.24) is 10.2 Å². The minimum Gasteiger partial charge on any atom is -0.480 e. The zero-order valence-corrected chi connectivity index (χ0v) is 19.3. The Labute approximate surface area is 202 Å². The molecule has 0 saturated carbocycles. The molecule has 0 spiro atoms. The number of alkyl carbamates (subject to hydrolysis) is 1. The van der Waals surface area contributed by atoms with Crippen molar-refractivity contribution in [1.29, 1.82) is 0 Å². The van der Waals surface area contributed by atoms with E-state index < -0.39 is 41.6 Å². The van der Waals surface area contributed by atoms with E-state index in [2.05, 4.69) is 17.4 Å². The highest BCUT2D eigenvalue weighted by atomic mass is 16.5. The summed E-state index contributed by atoms with van der Waals surface area (Å²) in [7, 11) is 0. The summed E-state index contributed by atoms with van der Waals surface area (Å²) in [4.78, 5) is 38.9. The third-order valence-electron chi connectivity index (χ3n) is 7.40. The Morgan fingerprint density at radius 3 is 2.37 bits per heavy atom. The van der Waals surface area contributed by atoms with Gasteiger partial charge in [0.15, 0.2) is 0 Å². The SMILES string of the molecule is CC1(C(=O)N2C[C@@H](O)C[C@H]2C(=O)O)COCC1NC(=O)OCC1c2ccccc2-c2ccccc21. The Morgan fingerprint density at radius 1 is 1.11 bits per heavy atom. The van der Waals surface area contributed by atoms with E-state index in [1.54, 1.807) is 6.92 Å². The zero-order chi connectivity index (χ0) is 24.7. The van der Waals surface area contributed by atoms with Gasteiger partial charge in [0.25, 0.3) is 0 Å². The number of carbonyl (C=O) groups excluding carboxylic acids is 2. The standard InChI is InChI=1S/C26H28N2O7/c1-26(24(32)28-11-15(29)10-21(28)23(30)31)14-34-13-22(26)27-25(33)35-12-20-18-8-4-2-6-16(18)17-7-3-5-9-19(17)20/h2-9,15,20-22,29H,10-14H2,1H3,(H,27,33)(H,30,31)/t15-,21-,22?,26?/m0/s1. The maximum absolute atomic E-state index is 13.3. The Balaban J connectivity index is 1.26. The Kier molecular flexibility index (Phi) is 5.98. The molecule has 3 N–H and O–H groups in total. The number of fused-ring (bicyclic) bond motifs is 3.